The van der Waals surface area contributed by atoms with Gasteiger partial charge in [0.1, 0.15) is 0 Å². The van der Waals surface area contributed by atoms with E-state index in [1.165, 1.54) is 0 Å². The van der Waals surface area contributed by atoms with Crippen LogP contribution in [0.4, 0.5) is 5.13 Å². The fourth-order valence-electron chi connectivity index (χ4n) is 2.95. The maximum absolute atomic E-state index is 9.86. The summed E-state index contributed by atoms with van der Waals surface area (Å²) in [6, 6.07) is 25.5. The zero-order chi connectivity index (χ0) is 20.1. The lowest BCUT2D eigenvalue weighted by molar-refractivity contribution is 0.318. The van der Waals surface area contributed by atoms with Crippen molar-refractivity contribution in [1.82, 2.24) is 4.98 Å². The van der Waals surface area contributed by atoms with Crippen LogP contribution in [-0.4, -0.2) is 22.9 Å². The highest BCUT2D eigenvalue weighted by Crippen LogP contribution is 2.40. The molecule has 29 heavy (non-hydrogen) atoms. The van der Waals surface area contributed by atoms with Crippen LogP contribution in [0.1, 0.15) is 12.5 Å². The monoisotopic (exact) mass is 400 g/mol. The molecule has 1 heterocycles. The topological polar surface area (TPSA) is 54.7 Å². The molecule has 0 unspecified atom stereocenters. The molecule has 4 aromatic rings. The van der Waals surface area contributed by atoms with Gasteiger partial charge < -0.3 is 9.84 Å². The minimum absolute atomic E-state index is 0.121. The fraction of sp³-hybridized carbons (Fsp3) is 0.0833. The quantitative estimate of drug-likeness (QED) is 0.385. The molecule has 1 aromatic heterocycles. The van der Waals surface area contributed by atoms with E-state index < -0.39 is 0 Å². The van der Waals surface area contributed by atoms with Crippen molar-refractivity contribution in [2.45, 2.75) is 6.92 Å². The fourth-order valence-corrected chi connectivity index (χ4v) is 3.89. The third kappa shape index (κ3) is 4.36. The van der Waals surface area contributed by atoms with Crippen molar-refractivity contribution in [3.63, 3.8) is 0 Å². The number of nitrogens with zero attached hydrogens (tertiary/aromatic N) is 2. The number of benzene rings is 3. The second-order valence-electron chi connectivity index (χ2n) is 6.32. The van der Waals surface area contributed by atoms with E-state index in [-0.39, 0.29) is 5.75 Å². The van der Waals surface area contributed by atoms with Crippen LogP contribution < -0.4 is 4.74 Å². The molecule has 0 aliphatic carbocycles. The predicted octanol–water partition coefficient (Wildman–Crippen LogP) is 6.33. The van der Waals surface area contributed by atoms with Crippen LogP contribution in [0.15, 0.2) is 83.9 Å². The van der Waals surface area contributed by atoms with Gasteiger partial charge in [0, 0.05) is 11.8 Å². The Morgan fingerprint density at radius 2 is 1.66 bits per heavy atom. The van der Waals surface area contributed by atoms with E-state index in [2.05, 4.69) is 29.3 Å². The van der Waals surface area contributed by atoms with Gasteiger partial charge in [0.2, 0.25) is 5.13 Å². The first-order valence-electron chi connectivity index (χ1n) is 9.36. The van der Waals surface area contributed by atoms with Crippen LogP contribution in [0.2, 0.25) is 0 Å². The van der Waals surface area contributed by atoms with E-state index in [1.54, 1.807) is 35.8 Å². The number of aromatic hydroxyl groups is 1. The lowest BCUT2D eigenvalue weighted by Gasteiger charge is -2.05. The molecule has 3 aromatic carbocycles. The van der Waals surface area contributed by atoms with Crippen LogP contribution in [0, 0.1) is 0 Å². The van der Waals surface area contributed by atoms with Crippen LogP contribution in [0.3, 0.4) is 0 Å². The van der Waals surface area contributed by atoms with E-state index in [9.17, 15) is 5.11 Å². The molecule has 4 nitrogen and oxygen atoms in total. The average Bonchev–Trinajstić information content (AvgIpc) is 3.20. The Balaban J connectivity index is 1.71. The second-order valence-corrected chi connectivity index (χ2v) is 7.30. The zero-order valence-electron chi connectivity index (χ0n) is 15.9. The molecule has 0 atom stereocenters. The smallest absolute Gasteiger partial charge is 0.210 e. The molecule has 144 valence electrons. The number of phenols is 1. The van der Waals surface area contributed by atoms with E-state index >= 15 is 0 Å². The number of hydrogen-bond donors (Lipinski definition) is 1. The molecule has 1 N–H and O–H groups in total. The molecule has 4 rings (SSSR count). The van der Waals surface area contributed by atoms with Gasteiger partial charge in [-0.25, -0.2) is 9.98 Å². The molecular formula is C24H20N2O2S. The summed E-state index contributed by atoms with van der Waals surface area (Å²) in [5, 5.41) is 10.5. The van der Waals surface area contributed by atoms with Gasteiger partial charge in [0.05, 0.1) is 17.2 Å². The van der Waals surface area contributed by atoms with Crippen LogP contribution >= 0.6 is 11.3 Å². The third-order valence-corrected chi connectivity index (χ3v) is 5.32. The Hall–Kier alpha value is -3.44. The molecule has 0 radical (unpaired) electrons. The standard InChI is InChI=1S/C24H20N2O2S/c1-2-28-21-15-17(13-14-20(21)27)16-25-24-26-22(18-9-5-3-6-10-18)23(29-24)19-11-7-4-8-12-19/h3-16,27H,2H2,1H3. The molecule has 0 saturated heterocycles. The molecule has 0 amide bonds. The maximum atomic E-state index is 9.86. The van der Waals surface area contributed by atoms with Gasteiger partial charge in [0.15, 0.2) is 11.5 Å². The van der Waals surface area contributed by atoms with Gasteiger partial charge in [0.25, 0.3) is 0 Å². The van der Waals surface area contributed by atoms with Gasteiger partial charge in [-0.05, 0) is 36.2 Å². The van der Waals surface area contributed by atoms with Crippen LogP contribution in [0.5, 0.6) is 11.5 Å². The van der Waals surface area contributed by atoms with E-state index in [0.717, 1.165) is 27.3 Å². The highest BCUT2D eigenvalue weighted by molar-refractivity contribution is 7.19. The number of phenolic OH excluding ortho intramolecular Hbond substituents is 1. The SMILES string of the molecule is CCOc1cc(C=Nc2nc(-c3ccccc3)c(-c3ccccc3)s2)ccc1O. The van der Waals surface area contributed by atoms with Crippen molar-refractivity contribution in [2.75, 3.05) is 6.61 Å². The van der Waals surface area contributed by atoms with Crippen LogP contribution in [0.25, 0.3) is 21.7 Å². The Morgan fingerprint density at radius 1 is 0.966 bits per heavy atom. The highest BCUT2D eigenvalue weighted by atomic mass is 32.1. The lowest BCUT2D eigenvalue weighted by Crippen LogP contribution is -1.93. The van der Waals surface area contributed by atoms with Crippen molar-refractivity contribution in [3.8, 4) is 33.2 Å². The van der Waals surface area contributed by atoms with Gasteiger partial charge in [-0.2, -0.15) is 0 Å². The Morgan fingerprint density at radius 3 is 2.34 bits per heavy atom. The molecule has 0 fully saturated rings. The maximum Gasteiger partial charge on any atom is 0.210 e. The normalized spacial score (nSPS) is 11.1. The van der Waals surface area contributed by atoms with Crippen molar-refractivity contribution < 1.29 is 9.84 Å². The number of aromatic nitrogens is 1. The largest absolute Gasteiger partial charge is 0.504 e. The number of rotatable bonds is 6. The summed E-state index contributed by atoms with van der Waals surface area (Å²) in [6.45, 7) is 2.37. The van der Waals surface area contributed by atoms with Gasteiger partial charge in [-0.1, -0.05) is 72.0 Å². The first-order valence-corrected chi connectivity index (χ1v) is 10.2. The summed E-state index contributed by atoms with van der Waals surface area (Å²) < 4.78 is 5.44. The predicted molar refractivity (Wildman–Crippen MR) is 120 cm³/mol. The molecule has 0 aliphatic rings. The zero-order valence-corrected chi connectivity index (χ0v) is 16.8. The summed E-state index contributed by atoms with van der Waals surface area (Å²) in [4.78, 5) is 10.5. The van der Waals surface area contributed by atoms with Gasteiger partial charge in [-0.15, -0.1) is 0 Å². The van der Waals surface area contributed by atoms with E-state index in [1.807, 2.05) is 43.3 Å². The lowest BCUT2D eigenvalue weighted by atomic mass is 10.1. The molecule has 0 spiro atoms. The van der Waals surface area contributed by atoms with Gasteiger partial charge in [-0.3, -0.25) is 0 Å². The summed E-state index contributed by atoms with van der Waals surface area (Å²) in [5.74, 6) is 0.571. The minimum atomic E-state index is 0.121. The molecule has 0 saturated carbocycles. The molecule has 5 heteroatoms. The number of ether oxygens (including phenoxy) is 1. The Bertz CT molecular complexity index is 1070. The summed E-state index contributed by atoms with van der Waals surface area (Å²) in [5.41, 5.74) is 3.94. The minimum Gasteiger partial charge on any atom is -0.504 e. The van der Waals surface area contributed by atoms with Crippen molar-refractivity contribution in [1.29, 1.82) is 0 Å². The molecule has 0 aliphatic heterocycles. The molecular weight excluding hydrogens is 380 g/mol. The first-order chi connectivity index (χ1) is 14.2. The average molecular weight is 401 g/mol. The Kier molecular flexibility index (Phi) is 5.68. The van der Waals surface area contributed by atoms with Crippen molar-refractivity contribution in [3.05, 3.63) is 84.4 Å². The van der Waals surface area contributed by atoms with E-state index in [4.69, 9.17) is 9.72 Å². The highest BCUT2D eigenvalue weighted by Gasteiger charge is 2.14. The number of aliphatic imine (C=N–C) groups is 1. The number of thiazole rings is 1. The van der Waals surface area contributed by atoms with E-state index in [0.29, 0.717) is 17.5 Å². The number of hydrogen-bond acceptors (Lipinski definition) is 5. The van der Waals surface area contributed by atoms with Crippen molar-refractivity contribution in [2.24, 2.45) is 4.99 Å². The first kappa shape index (κ1) is 18.9. The third-order valence-electron chi connectivity index (χ3n) is 4.31. The summed E-state index contributed by atoms with van der Waals surface area (Å²) in [7, 11) is 0. The Labute approximate surface area is 173 Å². The summed E-state index contributed by atoms with van der Waals surface area (Å²) >= 11 is 1.55. The summed E-state index contributed by atoms with van der Waals surface area (Å²) in [6.07, 6.45) is 1.74. The van der Waals surface area contributed by atoms with Crippen LogP contribution in [-0.2, 0) is 0 Å². The van der Waals surface area contributed by atoms with Crippen molar-refractivity contribution >= 4 is 22.7 Å². The van der Waals surface area contributed by atoms with Gasteiger partial charge >= 0.3 is 0 Å². The molecule has 0 bridgehead atoms. The second kappa shape index (κ2) is 8.71.